The van der Waals surface area contributed by atoms with E-state index in [1.54, 1.807) is 18.2 Å². The molecule has 0 radical (unpaired) electrons. The van der Waals surface area contributed by atoms with Gasteiger partial charge in [0.15, 0.2) is 0 Å². The van der Waals surface area contributed by atoms with Gasteiger partial charge in [-0.05, 0) is 24.3 Å². The number of nitrogens with zero attached hydrogens (tertiary/aromatic N) is 1. The van der Waals surface area contributed by atoms with Gasteiger partial charge in [-0.3, -0.25) is 10.1 Å². The maximum Gasteiger partial charge on any atom is 0.117 e. The number of hydrogen-bond donors (Lipinski definition) is 2. The van der Waals surface area contributed by atoms with Crippen LogP contribution in [0.3, 0.4) is 0 Å². The highest BCUT2D eigenvalue weighted by molar-refractivity contribution is 5.47. The van der Waals surface area contributed by atoms with Gasteiger partial charge in [0.1, 0.15) is 5.75 Å². The molecule has 0 saturated heterocycles. The lowest BCUT2D eigenvalue weighted by Crippen LogP contribution is -2.04. The molecule has 0 atom stereocenters. The minimum absolute atomic E-state index is 0.261. The molecule has 1 aromatic carbocycles. The Morgan fingerprint density at radius 1 is 1.08 bits per heavy atom. The van der Waals surface area contributed by atoms with Gasteiger partial charge in [-0.25, -0.2) is 0 Å². The maximum absolute atomic E-state index is 9.19. The number of aromatic nitrogens is 1. The Labute approximate surface area is 76.2 Å². The summed E-state index contributed by atoms with van der Waals surface area (Å²) in [4.78, 5) is 0. The van der Waals surface area contributed by atoms with Crippen molar-refractivity contribution < 1.29 is 5.11 Å². The Kier molecular flexibility index (Phi) is 1.92. The fourth-order valence-electron chi connectivity index (χ4n) is 1.13. The molecule has 3 heteroatoms. The van der Waals surface area contributed by atoms with Crippen LogP contribution >= 0.6 is 0 Å². The number of phenols is 1. The molecule has 0 aliphatic rings. The zero-order valence-electron chi connectivity index (χ0n) is 7.01. The molecule has 0 saturated carbocycles. The fourth-order valence-corrected chi connectivity index (χ4v) is 1.13. The Balaban J connectivity index is 2.19. The van der Waals surface area contributed by atoms with Crippen molar-refractivity contribution in [3.05, 3.63) is 48.8 Å². The summed E-state index contributed by atoms with van der Waals surface area (Å²) < 4.78 is 1.81. The lowest BCUT2D eigenvalue weighted by atomic mass is 10.3. The summed E-state index contributed by atoms with van der Waals surface area (Å²) in [5.41, 5.74) is 3.94. The van der Waals surface area contributed by atoms with E-state index in [4.69, 9.17) is 0 Å². The number of benzene rings is 1. The van der Waals surface area contributed by atoms with Gasteiger partial charge >= 0.3 is 0 Å². The molecule has 2 N–H and O–H groups in total. The molecule has 3 nitrogen and oxygen atoms in total. The highest BCUT2D eigenvalue weighted by Crippen LogP contribution is 2.15. The number of anilines is 1. The Bertz CT molecular complexity index is 382. The molecule has 0 spiro atoms. The second-order valence-electron chi connectivity index (χ2n) is 2.75. The number of nitrogens with one attached hydrogen (secondary N) is 1. The minimum Gasteiger partial charge on any atom is -0.508 e. The van der Waals surface area contributed by atoms with Crippen LogP contribution in [0.4, 0.5) is 5.69 Å². The van der Waals surface area contributed by atoms with E-state index in [1.165, 1.54) is 0 Å². The smallest absolute Gasteiger partial charge is 0.117 e. The first-order valence-corrected chi connectivity index (χ1v) is 4.03. The first-order chi connectivity index (χ1) is 6.34. The van der Waals surface area contributed by atoms with E-state index in [0.29, 0.717) is 0 Å². The van der Waals surface area contributed by atoms with Crippen LogP contribution in [-0.2, 0) is 0 Å². The van der Waals surface area contributed by atoms with Crippen LogP contribution < -0.4 is 5.43 Å². The number of hydrogen-bond acceptors (Lipinski definition) is 2. The van der Waals surface area contributed by atoms with Crippen molar-refractivity contribution in [3.63, 3.8) is 0 Å². The van der Waals surface area contributed by atoms with Crippen molar-refractivity contribution in [3.8, 4) is 5.75 Å². The second-order valence-corrected chi connectivity index (χ2v) is 2.75. The third-order valence-electron chi connectivity index (χ3n) is 1.71. The van der Waals surface area contributed by atoms with E-state index in [2.05, 4.69) is 5.43 Å². The molecule has 0 aliphatic carbocycles. The average Bonchev–Trinajstić information content (AvgIpc) is 2.57. The quantitative estimate of drug-likeness (QED) is 0.731. The largest absolute Gasteiger partial charge is 0.508 e. The lowest BCUT2D eigenvalue weighted by molar-refractivity contribution is 0.475. The third-order valence-corrected chi connectivity index (χ3v) is 1.71. The minimum atomic E-state index is 0.261. The second kappa shape index (κ2) is 3.23. The molecule has 1 heterocycles. The summed E-state index contributed by atoms with van der Waals surface area (Å²) in [5.74, 6) is 0.261. The predicted octanol–water partition coefficient (Wildman–Crippen LogP) is 2.07. The lowest BCUT2D eigenvalue weighted by Gasteiger charge is -2.06. The van der Waals surface area contributed by atoms with Crippen molar-refractivity contribution in [1.82, 2.24) is 4.68 Å². The van der Waals surface area contributed by atoms with Crippen LogP contribution in [0.5, 0.6) is 5.75 Å². The van der Waals surface area contributed by atoms with Gasteiger partial charge in [0.25, 0.3) is 0 Å². The zero-order valence-corrected chi connectivity index (χ0v) is 7.01. The molecule has 66 valence electrons. The molecule has 0 fully saturated rings. The van der Waals surface area contributed by atoms with Crippen LogP contribution in [0.25, 0.3) is 0 Å². The molecule has 0 amide bonds. The fraction of sp³-hybridized carbons (Fsp3) is 0. The van der Waals surface area contributed by atoms with Crippen LogP contribution in [-0.4, -0.2) is 9.78 Å². The standard InChI is InChI=1S/C10H10N2O/c13-10-5-3-4-9(8-10)11-12-6-1-2-7-12/h1-8,11,13H. The Hall–Kier alpha value is -1.90. The predicted molar refractivity (Wildman–Crippen MR) is 51.6 cm³/mol. The van der Waals surface area contributed by atoms with Crippen LogP contribution in [0.2, 0.25) is 0 Å². The van der Waals surface area contributed by atoms with Gasteiger partial charge in [0.2, 0.25) is 0 Å². The first kappa shape index (κ1) is 7.73. The highest BCUT2D eigenvalue weighted by Gasteiger charge is 1.92. The number of aromatic hydroxyl groups is 1. The van der Waals surface area contributed by atoms with E-state index < -0.39 is 0 Å². The van der Waals surface area contributed by atoms with E-state index in [-0.39, 0.29) is 5.75 Å². The Morgan fingerprint density at radius 3 is 2.54 bits per heavy atom. The van der Waals surface area contributed by atoms with Gasteiger partial charge in [-0.2, -0.15) is 0 Å². The molecule has 13 heavy (non-hydrogen) atoms. The van der Waals surface area contributed by atoms with Crippen molar-refractivity contribution in [1.29, 1.82) is 0 Å². The summed E-state index contributed by atoms with van der Waals surface area (Å²) >= 11 is 0. The van der Waals surface area contributed by atoms with E-state index in [9.17, 15) is 5.11 Å². The van der Waals surface area contributed by atoms with Crippen molar-refractivity contribution in [2.24, 2.45) is 0 Å². The van der Waals surface area contributed by atoms with Crippen molar-refractivity contribution in [2.45, 2.75) is 0 Å². The number of phenolic OH excluding ortho intramolecular Hbond substituents is 1. The summed E-state index contributed by atoms with van der Waals surface area (Å²) in [6.45, 7) is 0. The zero-order chi connectivity index (χ0) is 9.10. The normalized spacial score (nSPS) is 9.85. The topological polar surface area (TPSA) is 37.2 Å². The molecule has 0 bridgehead atoms. The summed E-state index contributed by atoms with van der Waals surface area (Å²) in [5, 5.41) is 9.19. The van der Waals surface area contributed by atoms with Gasteiger partial charge in [0.05, 0.1) is 5.69 Å². The van der Waals surface area contributed by atoms with Gasteiger partial charge in [-0.15, -0.1) is 0 Å². The van der Waals surface area contributed by atoms with Crippen LogP contribution in [0, 0.1) is 0 Å². The van der Waals surface area contributed by atoms with Crippen molar-refractivity contribution in [2.75, 3.05) is 5.43 Å². The average molecular weight is 174 g/mol. The SMILES string of the molecule is Oc1cccc(Nn2cccc2)c1. The van der Waals surface area contributed by atoms with Gasteiger partial charge in [0, 0.05) is 18.5 Å². The highest BCUT2D eigenvalue weighted by atomic mass is 16.3. The van der Waals surface area contributed by atoms with Crippen LogP contribution in [0.15, 0.2) is 48.8 Å². The molecule has 2 rings (SSSR count). The van der Waals surface area contributed by atoms with Crippen LogP contribution in [0.1, 0.15) is 0 Å². The molecule has 1 aromatic heterocycles. The maximum atomic E-state index is 9.19. The van der Waals surface area contributed by atoms with E-state index >= 15 is 0 Å². The summed E-state index contributed by atoms with van der Waals surface area (Å²) in [6, 6.07) is 10.8. The summed E-state index contributed by atoms with van der Waals surface area (Å²) in [7, 11) is 0. The molecule has 0 unspecified atom stereocenters. The van der Waals surface area contributed by atoms with Gasteiger partial charge in [-0.1, -0.05) is 6.07 Å². The summed E-state index contributed by atoms with van der Waals surface area (Å²) in [6.07, 6.45) is 3.79. The monoisotopic (exact) mass is 174 g/mol. The third kappa shape index (κ3) is 1.82. The van der Waals surface area contributed by atoms with E-state index in [1.807, 2.05) is 35.3 Å². The number of rotatable bonds is 2. The Morgan fingerprint density at radius 2 is 1.85 bits per heavy atom. The molecule has 0 aliphatic heterocycles. The van der Waals surface area contributed by atoms with Gasteiger partial charge < -0.3 is 5.11 Å². The first-order valence-electron chi connectivity index (χ1n) is 4.03. The van der Waals surface area contributed by atoms with E-state index in [0.717, 1.165) is 5.69 Å². The molecular formula is C10H10N2O. The molecule has 2 aromatic rings. The van der Waals surface area contributed by atoms with Crippen molar-refractivity contribution >= 4 is 5.69 Å². The molecular weight excluding hydrogens is 164 g/mol.